The minimum Gasteiger partial charge on any atom is -0.493 e. The van der Waals surface area contributed by atoms with Gasteiger partial charge in [-0.05, 0) is 49.8 Å². The largest absolute Gasteiger partial charge is 0.493 e. The molecule has 9 heteroatoms. The summed E-state index contributed by atoms with van der Waals surface area (Å²) in [6.45, 7) is 2.08. The van der Waals surface area contributed by atoms with E-state index in [2.05, 4.69) is 22.5 Å². The quantitative estimate of drug-likeness (QED) is 0.625. The zero-order valence-electron chi connectivity index (χ0n) is 18.8. The molecule has 2 aliphatic rings. The van der Waals surface area contributed by atoms with E-state index in [1.165, 1.54) is 7.11 Å². The van der Waals surface area contributed by atoms with Gasteiger partial charge in [0.15, 0.2) is 11.5 Å². The molecule has 1 aliphatic carbocycles. The summed E-state index contributed by atoms with van der Waals surface area (Å²) in [7, 11) is 1.53. The second-order valence-electron chi connectivity index (χ2n) is 8.65. The standard InChI is InChI=1S/C24H28N4O5/c1-16-7-9-24(10-8-16)22(30)28(23(31)27-24)14-21(29)26-18-5-6-19(32-2)20(12-18)33-15-17-4-3-11-25-13-17/h3-6,11-13,16H,7-10,14-15H2,1-2H3,(H,26,29)(H,27,31). The van der Waals surface area contributed by atoms with E-state index in [4.69, 9.17) is 9.47 Å². The second kappa shape index (κ2) is 9.48. The highest BCUT2D eigenvalue weighted by Gasteiger charge is 2.52. The van der Waals surface area contributed by atoms with Gasteiger partial charge in [0.2, 0.25) is 5.91 Å². The third-order valence-electron chi connectivity index (χ3n) is 6.24. The summed E-state index contributed by atoms with van der Waals surface area (Å²) in [5.41, 5.74) is 0.492. The molecule has 4 rings (SSSR count). The lowest BCUT2D eigenvalue weighted by atomic mass is 9.77. The fraction of sp³-hybridized carbons (Fsp3) is 0.417. The molecule has 9 nitrogen and oxygen atoms in total. The van der Waals surface area contributed by atoms with Gasteiger partial charge >= 0.3 is 6.03 Å². The van der Waals surface area contributed by atoms with Gasteiger partial charge in [-0.15, -0.1) is 0 Å². The number of methoxy groups -OCH3 is 1. The topological polar surface area (TPSA) is 110 Å². The molecule has 33 heavy (non-hydrogen) atoms. The van der Waals surface area contributed by atoms with E-state index in [0.717, 1.165) is 23.3 Å². The van der Waals surface area contributed by atoms with E-state index in [-0.39, 0.29) is 19.1 Å². The fourth-order valence-electron chi connectivity index (χ4n) is 4.27. The number of urea groups is 1. The number of nitrogens with zero attached hydrogens (tertiary/aromatic N) is 2. The number of anilines is 1. The van der Waals surface area contributed by atoms with Crippen LogP contribution in [0.2, 0.25) is 0 Å². The first-order chi connectivity index (χ1) is 15.9. The number of amides is 4. The monoisotopic (exact) mass is 452 g/mol. The zero-order valence-corrected chi connectivity index (χ0v) is 18.8. The van der Waals surface area contributed by atoms with Crippen molar-refractivity contribution in [2.24, 2.45) is 5.92 Å². The molecule has 1 aromatic heterocycles. The number of ether oxygens (including phenoxy) is 2. The van der Waals surface area contributed by atoms with Crippen molar-refractivity contribution in [3.63, 3.8) is 0 Å². The average Bonchev–Trinajstić information content (AvgIpc) is 3.04. The number of carbonyl (C=O) groups is 3. The molecule has 1 aliphatic heterocycles. The predicted octanol–water partition coefficient (Wildman–Crippen LogP) is 3.11. The number of aromatic nitrogens is 1. The van der Waals surface area contributed by atoms with Crippen LogP contribution in [-0.4, -0.2) is 46.9 Å². The van der Waals surface area contributed by atoms with Crippen LogP contribution in [-0.2, 0) is 16.2 Å². The Morgan fingerprint density at radius 1 is 1.24 bits per heavy atom. The molecule has 2 aromatic rings. The van der Waals surface area contributed by atoms with E-state index in [1.807, 2.05) is 12.1 Å². The maximum Gasteiger partial charge on any atom is 0.325 e. The Balaban J connectivity index is 1.40. The van der Waals surface area contributed by atoms with Crippen LogP contribution < -0.4 is 20.1 Å². The summed E-state index contributed by atoms with van der Waals surface area (Å²) in [4.78, 5) is 43.2. The van der Waals surface area contributed by atoms with Gasteiger partial charge in [-0.25, -0.2) is 4.79 Å². The van der Waals surface area contributed by atoms with Gasteiger partial charge in [0, 0.05) is 29.7 Å². The van der Waals surface area contributed by atoms with Gasteiger partial charge < -0.3 is 20.1 Å². The van der Waals surface area contributed by atoms with E-state index in [9.17, 15) is 14.4 Å². The van der Waals surface area contributed by atoms with Gasteiger partial charge in [0.05, 0.1) is 7.11 Å². The van der Waals surface area contributed by atoms with Crippen molar-refractivity contribution >= 4 is 23.5 Å². The number of hydrogen-bond donors (Lipinski definition) is 2. The summed E-state index contributed by atoms with van der Waals surface area (Å²) in [5.74, 6) is 0.707. The molecule has 174 valence electrons. The lowest BCUT2D eigenvalue weighted by Crippen LogP contribution is -2.49. The lowest BCUT2D eigenvalue weighted by Gasteiger charge is -2.33. The van der Waals surface area contributed by atoms with Crippen molar-refractivity contribution in [2.45, 2.75) is 44.8 Å². The molecule has 2 heterocycles. The number of nitrogens with one attached hydrogen (secondary N) is 2. The Morgan fingerprint density at radius 3 is 2.73 bits per heavy atom. The summed E-state index contributed by atoms with van der Waals surface area (Å²) in [6, 6.07) is 8.19. The van der Waals surface area contributed by atoms with Gasteiger partial charge in [0.1, 0.15) is 18.7 Å². The molecule has 2 N–H and O–H groups in total. The summed E-state index contributed by atoms with van der Waals surface area (Å²) in [5, 5.41) is 5.57. The van der Waals surface area contributed by atoms with Crippen molar-refractivity contribution in [1.82, 2.24) is 15.2 Å². The second-order valence-corrected chi connectivity index (χ2v) is 8.65. The number of benzene rings is 1. The molecule has 1 aromatic carbocycles. The first kappa shape index (κ1) is 22.6. The Hall–Kier alpha value is -3.62. The summed E-state index contributed by atoms with van der Waals surface area (Å²) >= 11 is 0. The van der Waals surface area contributed by atoms with Crippen molar-refractivity contribution in [3.05, 3.63) is 48.3 Å². The Labute approximate surface area is 192 Å². The Morgan fingerprint density at radius 2 is 2.03 bits per heavy atom. The van der Waals surface area contributed by atoms with Crippen LogP contribution in [0.5, 0.6) is 11.5 Å². The van der Waals surface area contributed by atoms with Gasteiger partial charge in [-0.2, -0.15) is 0 Å². The Kier molecular flexibility index (Phi) is 6.48. The highest BCUT2D eigenvalue weighted by atomic mass is 16.5. The van der Waals surface area contributed by atoms with E-state index >= 15 is 0 Å². The summed E-state index contributed by atoms with van der Waals surface area (Å²) in [6.07, 6.45) is 6.34. The smallest absolute Gasteiger partial charge is 0.325 e. The van der Waals surface area contributed by atoms with E-state index in [0.29, 0.717) is 35.9 Å². The van der Waals surface area contributed by atoms with Crippen LogP contribution in [0.15, 0.2) is 42.7 Å². The molecular formula is C24H28N4O5. The number of hydrogen-bond acceptors (Lipinski definition) is 6. The van der Waals surface area contributed by atoms with Crippen LogP contribution in [0, 0.1) is 5.92 Å². The van der Waals surface area contributed by atoms with Gasteiger partial charge in [-0.1, -0.05) is 13.0 Å². The normalized spacial score (nSPS) is 22.2. The minimum atomic E-state index is -0.864. The van der Waals surface area contributed by atoms with Crippen LogP contribution in [0.25, 0.3) is 0 Å². The SMILES string of the molecule is COc1ccc(NC(=O)CN2C(=O)NC3(CCC(C)CC3)C2=O)cc1OCc1cccnc1. The molecule has 2 fully saturated rings. The van der Waals surface area contributed by atoms with Crippen LogP contribution in [0.1, 0.15) is 38.2 Å². The van der Waals surface area contributed by atoms with Crippen LogP contribution >= 0.6 is 0 Å². The predicted molar refractivity (Wildman–Crippen MR) is 121 cm³/mol. The molecular weight excluding hydrogens is 424 g/mol. The third kappa shape index (κ3) is 4.92. The number of imide groups is 1. The van der Waals surface area contributed by atoms with Crippen LogP contribution in [0.3, 0.4) is 0 Å². The molecule has 0 bridgehead atoms. The third-order valence-corrected chi connectivity index (χ3v) is 6.24. The van der Waals surface area contributed by atoms with Crippen molar-refractivity contribution in [1.29, 1.82) is 0 Å². The summed E-state index contributed by atoms with van der Waals surface area (Å²) < 4.78 is 11.2. The minimum absolute atomic E-state index is 0.282. The highest BCUT2D eigenvalue weighted by molar-refractivity contribution is 6.10. The van der Waals surface area contributed by atoms with Crippen molar-refractivity contribution < 1.29 is 23.9 Å². The van der Waals surface area contributed by atoms with Gasteiger partial charge in [-0.3, -0.25) is 19.5 Å². The highest BCUT2D eigenvalue weighted by Crippen LogP contribution is 2.36. The van der Waals surface area contributed by atoms with Gasteiger partial charge in [0.25, 0.3) is 5.91 Å². The molecule has 0 unspecified atom stereocenters. The first-order valence-corrected chi connectivity index (χ1v) is 11.0. The fourth-order valence-corrected chi connectivity index (χ4v) is 4.27. The average molecular weight is 453 g/mol. The maximum absolute atomic E-state index is 13.0. The van der Waals surface area contributed by atoms with Crippen LogP contribution in [0.4, 0.5) is 10.5 Å². The molecule has 0 radical (unpaired) electrons. The molecule has 4 amide bonds. The first-order valence-electron chi connectivity index (χ1n) is 11.0. The number of pyridine rings is 1. The lowest BCUT2D eigenvalue weighted by molar-refractivity contribution is -0.135. The number of rotatable bonds is 7. The molecule has 1 saturated carbocycles. The zero-order chi connectivity index (χ0) is 23.4. The molecule has 0 atom stereocenters. The van der Waals surface area contributed by atoms with Crippen molar-refractivity contribution in [2.75, 3.05) is 19.0 Å². The van der Waals surface area contributed by atoms with E-state index < -0.39 is 17.5 Å². The van der Waals surface area contributed by atoms with E-state index in [1.54, 1.807) is 30.6 Å². The number of carbonyl (C=O) groups excluding carboxylic acids is 3. The molecule has 1 spiro atoms. The maximum atomic E-state index is 13.0. The Bertz CT molecular complexity index is 1030. The molecule has 1 saturated heterocycles. The van der Waals surface area contributed by atoms with Crippen molar-refractivity contribution in [3.8, 4) is 11.5 Å².